The third-order valence-corrected chi connectivity index (χ3v) is 6.64. The second-order valence-electron chi connectivity index (χ2n) is 7.40. The summed E-state index contributed by atoms with van der Waals surface area (Å²) >= 11 is 0. The molecule has 0 bridgehead atoms. The third kappa shape index (κ3) is 1.64. The first-order chi connectivity index (χ1) is 9.59. The minimum absolute atomic E-state index is 0.0933. The number of hydrogen-bond donors (Lipinski definition) is 1. The number of rotatable bonds is 0. The maximum Gasteiger partial charge on any atom is 0.123 e. The molecule has 1 N–H and O–H groups in total. The van der Waals surface area contributed by atoms with Crippen molar-refractivity contribution < 1.29 is 9.50 Å². The number of aliphatic hydroxyl groups excluding tert-OH is 1. The minimum atomic E-state index is -0.123. The highest BCUT2D eigenvalue weighted by Crippen LogP contribution is 2.60. The molecule has 0 unspecified atom stereocenters. The van der Waals surface area contributed by atoms with Crippen molar-refractivity contribution in [2.45, 2.75) is 57.5 Å². The lowest BCUT2D eigenvalue weighted by Crippen LogP contribution is -2.43. The number of halogens is 1. The van der Waals surface area contributed by atoms with Crippen LogP contribution in [0.15, 0.2) is 18.2 Å². The first-order valence-corrected chi connectivity index (χ1v) is 8.06. The monoisotopic (exact) mass is 274 g/mol. The van der Waals surface area contributed by atoms with E-state index in [1.807, 2.05) is 6.07 Å². The van der Waals surface area contributed by atoms with E-state index in [-0.39, 0.29) is 17.3 Å². The van der Waals surface area contributed by atoms with E-state index in [9.17, 15) is 9.50 Å². The Balaban J connectivity index is 1.73. The molecule has 0 aliphatic heterocycles. The van der Waals surface area contributed by atoms with Gasteiger partial charge in [-0.05, 0) is 85.0 Å². The van der Waals surface area contributed by atoms with Gasteiger partial charge in [-0.15, -0.1) is 0 Å². The van der Waals surface area contributed by atoms with Crippen LogP contribution in [-0.2, 0) is 6.42 Å². The summed E-state index contributed by atoms with van der Waals surface area (Å²) in [4.78, 5) is 0. The van der Waals surface area contributed by atoms with E-state index in [0.717, 1.165) is 32.1 Å². The van der Waals surface area contributed by atoms with Crippen molar-refractivity contribution in [3.05, 3.63) is 35.1 Å². The zero-order chi connectivity index (χ0) is 13.9. The largest absolute Gasteiger partial charge is 0.393 e. The van der Waals surface area contributed by atoms with Crippen LogP contribution in [0.1, 0.15) is 56.1 Å². The summed E-state index contributed by atoms with van der Waals surface area (Å²) in [5.41, 5.74) is 2.74. The van der Waals surface area contributed by atoms with Gasteiger partial charge in [0.1, 0.15) is 5.82 Å². The number of benzene rings is 1. The molecule has 0 radical (unpaired) electrons. The van der Waals surface area contributed by atoms with Crippen LogP contribution in [0.2, 0.25) is 0 Å². The van der Waals surface area contributed by atoms with E-state index < -0.39 is 0 Å². The summed E-state index contributed by atoms with van der Waals surface area (Å²) in [5, 5.41) is 10.4. The normalized spacial score (nSPS) is 42.8. The second-order valence-corrected chi connectivity index (χ2v) is 7.40. The molecule has 0 heterocycles. The van der Waals surface area contributed by atoms with E-state index in [4.69, 9.17) is 0 Å². The molecular formula is C18H23FO. The summed E-state index contributed by atoms with van der Waals surface area (Å²) in [6, 6.07) is 5.36. The van der Waals surface area contributed by atoms with E-state index >= 15 is 0 Å². The number of fused-ring (bicyclic) bond motifs is 5. The number of hydrogen-bond acceptors (Lipinski definition) is 1. The van der Waals surface area contributed by atoms with Crippen LogP contribution in [-0.4, -0.2) is 11.2 Å². The molecular weight excluding hydrogens is 251 g/mol. The lowest BCUT2D eigenvalue weighted by Gasteiger charge is -2.50. The SMILES string of the molecule is C[C@]12CC[C@@H]3c4cc(F)ccc4CC[C@H]3[C@@H]1CC[C@@H]2O. The van der Waals surface area contributed by atoms with E-state index in [1.165, 1.54) is 17.5 Å². The second kappa shape index (κ2) is 4.30. The van der Waals surface area contributed by atoms with Gasteiger partial charge in [-0.2, -0.15) is 0 Å². The molecule has 4 rings (SSSR count). The van der Waals surface area contributed by atoms with Crippen LogP contribution in [0.25, 0.3) is 0 Å². The first-order valence-electron chi connectivity index (χ1n) is 8.06. The molecule has 20 heavy (non-hydrogen) atoms. The van der Waals surface area contributed by atoms with Gasteiger partial charge in [-0.3, -0.25) is 0 Å². The highest BCUT2D eigenvalue weighted by Gasteiger charge is 2.54. The predicted molar refractivity (Wildman–Crippen MR) is 77.0 cm³/mol. The fourth-order valence-corrected chi connectivity index (χ4v) is 5.51. The fraction of sp³-hybridized carbons (Fsp3) is 0.667. The Kier molecular flexibility index (Phi) is 2.76. The molecule has 3 aliphatic carbocycles. The van der Waals surface area contributed by atoms with Crippen molar-refractivity contribution in [1.29, 1.82) is 0 Å². The number of aryl methyl sites for hydroxylation is 1. The summed E-state index contributed by atoms with van der Waals surface area (Å²) in [7, 11) is 0. The van der Waals surface area contributed by atoms with E-state index in [0.29, 0.717) is 17.8 Å². The van der Waals surface area contributed by atoms with Crippen LogP contribution in [0.4, 0.5) is 4.39 Å². The van der Waals surface area contributed by atoms with Gasteiger partial charge in [0.25, 0.3) is 0 Å². The standard InChI is InChI=1S/C18H23FO/c1-18-9-8-13-14(16(18)6-7-17(18)20)5-3-11-2-4-12(19)10-15(11)13/h2,4,10,13-14,16-17,20H,3,5-9H2,1H3/t13-,14+,16-,17-,18-/m0/s1. The first kappa shape index (κ1) is 12.8. The summed E-state index contributed by atoms with van der Waals surface area (Å²) in [5.74, 6) is 1.72. The van der Waals surface area contributed by atoms with Crippen molar-refractivity contribution in [2.24, 2.45) is 17.3 Å². The van der Waals surface area contributed by atoms with Crippen LogP contribution in [0, 0.1) is 23.1 Å². The lowest BCUT2D eigenvalue weighted by molar-refractivity contribution is -0.0226. The summed E-state index contributed by atoms with van der Waals surface area (Å²) < 4.78 is 13.6. The number of aliphatic hydroxyl groups is 1. The van der Waals surface area contributed by atoms with Crippen molar-refractivity contribution in [2.75, 3.05) is 0 Å². The molecule has 0 aromatic heterocycles. The van der Waals surface area contributed by atoms with Gasteiger partial charge in [-0.25, -0.2) is 4.39 Å². The van der Waals surface area contributed by atoms with Gasteiger partial charge in [0.15, 0.2) is 0 Å². The molecule has 2 saturated carbocycles. The van der Waals surface area contributed by atoms with Gasteiger partial charge in [0.2, 0.25) is 0 Å². The minimum Gasteiger partial charge on any atom is -0.393 e. The molecule has 2 fully saturated rings. The van der Waals surface area contributed by atoms with Crippen LogP contribution in [0.5, 0.6) is 0 Å². The zero-order valence-electron chi connectivity index (χ0n) is 12.1. The van der Waals surface area contributed by atoms with Crippen molar-refractivity contribution >= 4 is 0 Å². The zero-order valence-corrected chi connectivity index (χ0v) is 12.1. The maximum absolute atomic E-state index is 13.6. The van der Waals surface area contributed by atoms with Crippen molar-refractivity contribution in [3.63, 3.8) is 0 Å². The average Bonchev–Trinajstić information content (AvgIpc) is 2.74. The highest BCUT2D eigenvalue weighted by atomic mass is 19.1. The Bertz CT molecular complexity index is 540. The van der Waals surface area contributed by atoms with Gasteiger partial charge >= 0.3 is 0 Å². The fourth-order valence-electron chi connectivity index (χ4n) is 5.51. The van der Waals surface area contributed by atoms with Crippen LogP contribution < -0.4 is 0 Å². The van der Waals surface area contributed by atoms with Gasteiger partial charge in [0, 0.05) is 0 Å². The Labute approximate surface area is 120 Å². The Morgan fingerprint density at radius 1 is 1.20 bits per heavy atom. The van der Waals surface area contributed by atoms with Gasteiger partial charge in [0.05, 0.1) is 6.10 Å². The Morgan fingerprint density at radius 3 is 2.90 bits per heavy atom. The van der Waals surface area contributed by atoms with Crippen LogP contribution >= 0.6 is 0 Å². The molecule has 3 aliphatic rings. The predicted octanol–water partition coefficient (Wildman–Crippen LogP) is 4.04. The molecule has 5 atom stereocenters. The van der Waals surface area contributed by atoms with Gasteiger partial charge < -0.3 is 5.11 Å². The molecule has 1 aromatic carbocycles. The van der Waals surface area contributed by atoms with Crippen LogP contribution in [0.3, 0.4) is 0 Å². The summed E-state index contributed by atoms with van der Waals surface area (Å²) in [6.45, 7) is 2.28. The quantitative estimate of drug-likeness (QED) is 0.757. The molecule has 2 heteroatoms. The smallest absolute Gasteiger partial charge is 0.123 e. The van der Waals surface area contributed by atoms with E-state index in [2.05, 4.69) is 6.92 Å². The molecule has 0 spiro atoms. The summed E-state index contributed by atoms with van der Waals surface area (Å²) in [6.07, 6.45) is 6.50. The average molecular weight is 274 g/mol. The topological polar surface area (TPSA) is 20.2 Å². The van der Waals surface area contributed by atoms with Crippen molar-refractivity contribution in [3.8, 4) is 0 Å². The maximum atomic E-state index is 13.6. The Morgan fingerprint density at radius 2 is 2.05 bits per heavy atom. The lowest BCUT2D eigenvalue weighted by atomic mass is 9.55. The third-order valence-electron chi connectivity index (χ3n) is 6.64. The Hall–Kier alpha value is -0.890. The van der Waals surface area contributed by atoms with Gasteiger partial charge in [-0.1, -0.05) is 13.0 Å². The molecule has 0 amide bonds. The molecule has 108 valence electrons. The van der Waals surface area contributed by atoms with E-state index in [1.54, 1.807) is 12.1 Å². The molecule has 1 aromatic rings. The highest BCUT2D eigenvalue weighted by molar-refractivity contribution is 5.35. The molecule has 1 nitrogen and oxygen atoms in total. The molecule has 0 saturated heterocycles. The van der Waals surface area contributed by atoms with Crippen molar-refractivity contribution in [1.82, 2.24) is 0 Å².